The van der Waals surface area contributed by atoms with Crippen molar-refractivity contribution in [3.63, 3.8) is 0 Å². The number of unbranched alkanes of at least 4 members (excludes halogenated alkanes) is 1. The monoisotopic (exact) mass is 281 g/mol. The second-order valence-electron chi connectivity index (χ2n) is 3.22. The molecule has 3 nitrogen and oxygen atoms in total. The number of benzene rings is 1. The van der Waals surface area contributed by atoms with E-state index in [-0.39, 0.29) is 22.4 Å². The van der Waals surface area contributed by atoms with Crippen molar-refractivity contribution in [1.29, 1.82) is 0 Å². The third-order valence-electron chi connectivity index (χ3n) is 2.16. The molecule has 1 heterocycles. The summed E-state index contributed by atoms with van der Waals surface area (Å²) in [5, 5.41) is 11.4. The van der Waals surface area contributed by atoms with Crippen molar-refractivity contribution in [3.8, 4) is 0 Å². The number of aromatic nitrogens is 3. The number of aryl methyl sites for hydroxylation is 1. The second-order valence-corrected chi connectivity index (χ2v) is 3.22. The maximum Gasteiger partial charge on any atom is 1.00 e. The Morgan fingerprint density at radius 1 is 1.36 bits per heavy atom. The summed E-state index contributed by atoms with van der Waals surface area (Å²) < 4.78 is 0. The first kappa shape index (κ1) is 11.4. The topological polar surface area (TPSA) is 39.9 Å². The van der Waals surface area contributed by atoms with Gasteiger partial charge in [0.25, 0.3) is 0 Å². The molecule has 14 heavy (non-hydrogen) atoms. The SMILES string of the molecule is CCCCc1ccc2[n-]nnc2c1.[Ag+]. The molecule has 0 aliphatic heterocycles. The number of hydrogen-bond donors (Lipinski definition) is 0. The van der Waals surface area contributed by atoms with Crippen LogP contribution >= 0.6 is 0 Å². The Kier molecular flexibility index (Phi) is 4.32. The fraction of sp³-hybridized carbons (Fsp3) is 0.400. The predicted octanol–water partition coefficient (Wildman–Crippen LogP) is 1.93. The standard InChI is InChI=1S/C10H12N3.Ag/c1-2-3-4-8-5-6-9-10(7-8)12-13-11-9;/h5-7H,2-4H2,1H3;/q-1;+1. The van der Waals surface area contributed by atoms with E-state index in [1.165, 1.54) is 18.4 Å². The van der Waals surface area contributed by atoms with Gasteiger partial charge >= 0.3 is 22.4 Å². The molecule has 0 N–H and O–H groups in total. The Balaban J connectivity index is 0.000000980. The number of fused-ring (bicyclic) bond motifs is 1. The van der Waals surface area contributed by atoms with E-state index < -0.39 is 0 Å². The summed E-state index contributed by atoms with van der Waals surface area (Å²) >= 11 is 0. The van der Waals surface area contributed by atoms with Crippen molar-refractivity contribution in [3.05, 3.63) is 23.8 Å². The van der Waals surface area contributed by atoms with Crippen molar-refractivity contribution in [1.82, 2.24) is 15.4 Å². The van der Waals surface area contributed by atoms with E-state index in [4.69, 9.17) is 0 Å². The van der Waals surface area contributed by atoms with Crippen LogP contribution in [-0.4, -0.2) is 10.3 Å². The molecule has 0 spiro atoms. The Hall–Kier alpha value is -0.640. The molecule has 1 aromatic heterocycles. The molecule has 0 bridgehead atoms. The molecule has 1 aromatic carbocycles. The summed E-state index contributed by atoms with van der Waals surface area (Å²) in [6, 6.07) is 6.17. The van der Waals surface area contributed by atoms with Crippen molar-refractivity contribution < 1.29 is 22.4 Å². The fourth-order valence-corrected chi connectivity index (χ4v) is 1.39. The third-order valence-corrected chi connectivity index (χ3v) is 2.16. The van der Waals surface area contributed by atoms with Crippen LogP contribution in [0.25, 0.3) is 11.0 Å². The van der Waals surface area contributed by atoms with Crippen LogP contribution in [0.5, 0.6) is 0 Å². The van der Waals surface area contributed by atoms with E-state index in [0.29, 0.717) is 0 Å². The Morgan fingerprint density at radius 2 is 2.21 bits per heavy atom. The Labute approximate surface area is 98.8 Å². The van der Waals surface area contributed by atoms with Crippen molar-refractivity contribution in [2.75, 3.05) is 0 Å². The first-order chi connectivity index (χ1) is 6.40. The maximum atomic E-state index is 3.93. The van der Waals surface area contributed by atoms with Crippen LogP contribution in [0.3, 0.4) is 0 Å². The zero-order valence-electron chi connectivity index (χ0n) is 8.00. The minimum atomic E-state index is 0. The van der Waals surface area contributed by atoms with Gasteiger partial charge in [0.2, 0.25) is 0 Å². The second kappa shape index (κ2) is 5.29. The largest absolute Gasteiger partial charge is 1.00 e. The summed E-state index contributed by atoms with van der Waals surface area (Å²) in [6.07, 6.45) is 3.58. The van der Waals surface area contributed by atoms with Crippen molar-refractivity contribution in [2.45, 2.75) is 26.2 Å². The summed E-state index contributed by atoms with van der Waals surface area (Å²) in [5.41, 5.74) is 3.13. The van der Waals surface area contributed by atoms with Crippen LogP contribution in [0.4, 0.5) is 0 Å². The Morgan fingerprint density at radius 3 is 3.00 bits per heavy atom. The number of nitrogens with zero attached hydrogens (tertiary/aromatic N) is 3. The van der Waals surface area contributed by atoms with E-state index in [2.05, 4.69) is 34.5 Å². The molecule has 0 atom stereocenters. The van der Waals surface area contributed by atoms with Gasteiger partial charge in [-0.25, -0.2) is 0 Å². The molecule has 0 saturated carbocycles. The molecule has 0 amide bonds. The summed E-state index contributed by atoms with van der Waals surface area (Å²) in [6.45, 7) is 2.20. The summed E-state index contributed by atoms with van der Waals surface area (Å²) in [7, 11) is 0. The molecule has 0 aliphatic carbocycles. The molecular weight excluding hydrogens is 270 g/mol. The molecule has 0 saturated heterocycles. The third kappa shape index (κ3) is 2.44. The average Bonchev–Trinajstić information content (AvgIpc) is 2.61. The van der Waals surface area contributed by atoms with Crippen molar-refractivity contribution in [2.24, 2.45) is 0 Å². The van der Waals surface area contributed by atoms with Crippen molar-refractivity contribution >= 4 is 11.0 Å². The zero-order chi connectivity index (χ0) is 9.10. The van der Waals surface area contributed by atoms with Gasteiger partial charge in [-0.1, -0.05) is 31.5 Å². The van der Waals surface area contributed by atoms with Crippen LogP contribution < -0.4 is 5.10 Å². The van der Waals surface area contributed by atoms with E-state index >= 15 is 0 Å². The molecule has 2 aromatic rings. The summed E-state index contributed by atoms with van der Waals surface area (Å²) in [4.78, 5) is 0. The summed E-state index contributed by atoms with van der Waals surface area (Å²) in [5.74, 6) is 0. The number of hydrogen-bond acceptors (Lipinski definition) is 2. The minimum Gasteiger partial charge on any atom is -0.350 e. The van der Waals surface area contributed by atoms with E-state index in [9.17, 15) is 0 Å². The van der Waals surface area contributed by atoms with Gasteiger partial charge < -0.3 is 10.2 Å². The van der Waals surface area contributed by atoms with Gasteiger partial charge in [-0.15, -0.1) is 0 Å². The molecular formula is C10H12AgN3. The van der Waals surface area contributed by atoms with Crippen LogP contribution in [0.15, 0.2) is 18.2 Å². The zero-order valence-corrected chi connectivity index (χ0v) is 9.48. The van der Waals surface area contributed by atoms with E-state index in [1.54, 1.807) is 0 Å². The van der Waals surface area contributed by atoms with E-state index in [0.717, 1.165) is 17.5 Å². The average molecular weight is 282 g/mol. The number of rotatable bonds is 3. The Bertz CT molecular complexity index is 397. The fourth-order valence-electron chi connectivity index (χ4n) is 1.39. The van der Waals surface area contributed by atoms with Gasteiger partial charge in [0.15, 0.2) is 0 Å². The molecule has 0 fully saturated rings. The van der Waals surface area contributed by atoms with Crippen LogP contribution in [0, 0.1) is 0 Å². The van der Waals surface area contributed by atoms with E-state index in [1.807, 2.05) is 6.07 Å². The molecule has 78 valence electrons. The van der Waals surface area contributed by atoms with Gasteiger partial charge in [0.1, 0.15) is 0 Å². The minimum absolute atomic E-state index is 0. The molecule has 0 aliphatic rings. The van der Waals surface area contributed by atoms with Gasteiger partial charge in [0.05, 0.1) is 0 Å². The molecule has 0 radical (unpaired) electrons. The first-order valence-corrected chi connectivity index (χ1v) is 4.65. The quantitative estimate of drug-likeness (QED) is 0.807. The van der Waals surface area contributed by atoms with Gasteiger partial charge in [-0.3, -0.25) is 5.21 Å². The van der Waals surface area contributed by atoms with Crippen LogP contribution in [0.1, 0.15) is 25.3 Å². The van der Waals surface area contributed by atoms with Gasteiger partial charge in [-0.2, -0.15) is 0 Å². The first-order valence-electron chi connectivity index (χ1n) is 4.65. The molecule has 2 rings (SSSR count). The smallest absolute Gasteiger partial charge is 0.350 e. The van der Waals surface area contributed by atoms with Gasteiger partial charge in [-0.05, 0) is 29.4 Å². The normalized spacial score (nSPS) is 10.1. The van der Waals surface area contributed by atoms with Gasteiger partial charge in [0, 0.05) is 0 Å². The molecule has 4 heteroatoms. The maximum absolute atomic E-state index is 3.93. The van der Waals surface area contributed by atoms with Crippen LogP contribution in [0.2, 0.25) is 0 Å². The predicted molar refractivity (Wildman–Crippen MR) is 51.5 cm³/mol. The van der Waals surface area contributed by atoms with Crippen LogP contribution in [-0.2, 0) is 28.8 Å². The molecule has 0 unspecified atom stereocenters.